The molecule has 0 heterocycles. The van der Waals surface area contributed by atoms with E-state index in [4.69, 9.17) is 23.2 Å². The Morgan fingerprint density at radius 2 is 1.42 bits per heavy atom. The molecule has 0 aromatic heterocycles. The van der Waals surface area contributed by atoms with Crippen LogP contribution < -0.4 is 5.32 Å². The van der Waals surface area contributed by atoms with Gasteiger partial charge in [0.05, 0.1) is 11.4 Å². The van der Waals surface area contributed by atoms with Gasteiger partial charge in [0.15, 0.2) is 0 Å². The minimum atomic E-state index is -4.00. The highest BCUT2D eigenvalue weighted by molar-refractivity contribution is 7.89. The third-order valence-electron chi connectivity index (χ3n) is 5.34. The summed E-state index contributed by atoms with van der Waals surface area (Å²) in [6.45, 7) is 3.61. The number of nitrogens with one attached hydrogen (secondary N) is 1. The van der Waals surface area contributed by atoms with Crippen molar-refractivity contribution in [3.05, 3.63) is 93.5 Å². The number of halogens is 2. The van der Waals surface area contributed by atoms with Crippen LogP contribution >= 0.6 is 23.2 Å². The average molecular weight is 505 g/mol. The Bertz CT molecular complexity index is 1210. The highest BCUT2D eigenvalue weighted by Gasteiger charge is 2.28. The van der Waals surface area contributed by atoms with E-state index >= 15 is 0 Å². The Kier molecular flexibility index (Phi) is 8.54. The fraction of sp³-hybridized carbons (Fsp3) is 0.240. The first-order chi connectivity index (χ1) is 15.8. The van der Waals surface area contributed by atoms with E-state index in [2.05, 4.69) is 5.32 Å². The molecule has 0 saturated heterocycles. The molecule has 0 spiro atoms. The van der Waals surface area contributed by atoms with E-state index in [0.717, 1.165) is 34.0 Å². The maximum absolute atomic E-state index is 13.5. The Morgan fingerprint density at radius 1 is 0.848 bits per heavy atom. The second kappa shape index (κ2) is 11.2. The molecule has 1 amide bonds. The molecule has 33 heavy (non-hydrogen) atoms. The Hall–Kier alpha value is -2.38. The normalized spacial score (nSPS) is 11.5. The van der Waals surface area contributed by atoms with E-state index in [9.17, 15) is 13.2 Å². The quantitative estimate of drug-likeness (QED) is 0.391. The number of hydrogen-bond acceptors (Lipinski definition) is 3. The molecule has 0 aliphatic heterocycles. The number of aryl methyl sites for hydroxylation is 2. The van der Waals surface area contributed by atoms with Crippen molar-refractivity contribution in [1.82, 2.24) is 4.31 Å². The molecular formula is C25H26Cl2N2O3S. The van der Waals surface area contributed by atoms with Gasteiger partial charge in [-0.2, -0.15) is 4.31 Å². The van der Waals surface area contributed by atoms with E-state index in [1.54, 1.807) is 24.3 Å². The third-order valence-corrected chi connectivity index (χ3v) is 7.77. The highest BCUT2D eigenvalue weighted by atomic mass is 35.5. The maximum atomic E-state index is 13.5. The standard InChI is InChI=1S/C25H26Cl2N2O3S/c1-3-18-9-7-10-19(4-2)25(18)28-24(30)17-29(16-20-8-5-6-11-23(20)27)33(31,32)22-14-12-21(26)13-15-22/h5-15H,3-4,16-17H2,1-2H3,(H,28,30). The van der Waals surface area contributed by atoms with Crippen LogP contribution in [0.2, 0.25) is 10.0 Å². The molecule has 0 unspecified atom stereocenters. The molecule has 3 aromatic rings. The molecule has 1 N–H and O–H groups in total. The number of carbonyl (C=O) groups excluding carboxylic acids is 1. The highest BCUT2D eigenvalue weighted by Crippen LogP contribution is 2.25. The van der Waals surface area contributed by atoms with Crippen molar-refractivity contribution in [3.63, 3.8) is 0 Å². The van der Waals surface area contributed by atoms with Gasteiger partial charge in [0.25, 0.3) is 0 Å². The van der Waals surface area contributed by atoms with Crippen molar-refractivity contribution in [3.8, 4) is 0 Å². The van der Waals surface area contributed by atoms with Crippen LogP contribution in [0.25, 0.3) is 0 Å². The molecule has 8 heteroatoms. The summed E-state index contributed by atoms with van der Waals surface area (Å²) in [5.41, 5.74) is 3.35. The monoisotopic (exact) mass is 504 g/mol. The number of amides is 1. The Morgan fingerprint density at radius 3 is 2.00 bits per heavy atom. The lowest BCUT2D eigenvalue weighted by Crippen LogP contribution is -2.38. The summed E-state index contributed by atoms with van der Waals surface area (Å²) in [5, 5.41) is 3.80. The zero-order valence-electron chi connectivity index (χ0n) is 18.5. The van der Waals surface area contributed by atoms with Gasteiger partial charge in [-0.05, 0) is 59.9 Å². The predicted molar refractivity (Wildman–Crippen MR) is 134 cm³/mol. The van der Waals surface area contributed by atoms with E-state index in [1.165, 1.54) is 24.3 Å². The van der Waals surface area contributed by atoms with Crippen molar-refractivity contribution < 1.29 is 13.2 Å². The van der Waals surface area contributed by atoms with Gasteiger partial charge in [-0.3, -0.25) is 4.79 Å². The first-order valence-corrected chi connectivity index (χ1v) is 12.9. The van der Waals surface area contributed by atoms with Gasteiger partial charge < -0.3 is 5.32 Å². The fourth-order valence-electron chi connectivity index (χ4n) is 3.54. The van der Waals surface area contributed by atoms with Crippen LogP contribution in [0.3, 0.4) is 0 Å². The number of hydrogen-bond donors (Lipinski definition) is 1. The number of para-hydroxylation sites is 1. The van der Waals surface area contributed by atoms with E-state index in [-0.39, 0.29) is 18.0 Å². The fourth-order valence-corrected chi connectivity index (χ4v) is 5.24. The molecule has 5 nitrogen and oxygen atoms in total. The van der Waals surface area contributed by atoms with Crippen LogP contribution in [0.15, 0.2) is 71.6 Å². The third kappa shape index (κ3) is 6.15. The number of nitrogens with zero attached hydrogens (tertiary/aromatic N) is 1. The topological polar surface area (TPSA) is 66.5 Å². The largest absolute Gasteiger partial charge is 0.324 e. The predicted octanol–water partition coefficient (Wildman–Crippen LogP) is 5.95. The first-order valence-electron chi connectivity index (χ1n) is 10.7. The number of sulfonamides is 1. The number of anilines is 1. The average Bonchev–Trinajstić information content (AvgIpc) is 2.80. The summed E-state index contributed by atoms with van der Waals surface area (Å²) >= 11 is 12.2. The molecule has 0 bridgehead atoms. The SMILES string of the molecule is CCc1cccc(CC)c1NC(=O)CN(Cc1ccccc1Cl)S(=O)(=O)c1ccc(Cl)cc1. The van der Waals surface area contributed by atoms with Crippen LogP contribution in [0.5, 0.6) is 0 Å². The van der Waals surface area contributed by atoms with E-state index in [0.29, 0.717) is 15.6 Å². The van der Waals surface area contributed by atoms with Crippen molar-refractivity contribution >= 4 is 44.8 Å². The lowest BCUT2D eigenvalue weighted by molar-refractivity contribution is -0.116. The summed E-state index contributed by atoms with van der Waals surface area (Å²) in [6.07, 6.45) is 1.49. The minimum absolute atomic E-state index is 0.0475. The summed E-state index contributed by atoms with van der Waals surface area (Å²) in [5.74, 6) is -0.421. The van der Waals surface area contributed by atoms with Crippen LogP contribution in [-0.4, -0.2) is 25.2 Å². The molecule has 0 saturated carbocycles. The van der Waals surface area contributed by atoms with Gasteiger partial charge in [0.2, 0.25) is 15.9 Å². The Balaban J connectivity index is 1.94. The van der Waals surface area contributed by atoms with Gasteiger partial charge in [0.1, 0.15) is 0 Å². The van der Waals surface area contributed by atoms with Crippen molar-refractivity contribution in [2.75, 3.05) is 11.9 Å². The first kappa shape index (κ1) is 25.2. The summed E-state index contributed by atoms with van der Waals surface area (Å²) < 4.78 is 28.0. The van der Waals surface area contributed by atoms with Crippen LogP contribution in [0.4, 0.5) is 5.69 Å². The Labute approximate surface area is 205 Å². The van der Waals surface area contributed by atoms with Gasteiger partial charge in [-0.25, -0.2) is 8.42 Å². The maximum Gasteiger partial charge on any atom is 0.243 e. The van der Waals surface area contributed by atoms with Crippen molar-refractivity contribution in [1.29, 1.82) is 0 Å². The van der Waals surface area contributed by atoms with Gasteiger partial charge >= 0.3 is 0 Å². The molecule has 174 valence electrons. The van der Waals surface area contributed by atoms with Crippen LogP contribution in [0.1, 0.15) is 30.5 Å². The van der Waals surface area contributed by atoms with Crippen LogP contribution in [-0.2, 0) is 34.2 Å². The molecule has 0 fully saturated rings. The molecule has 3 rings (SSSR count). The minimum Gasteiger partial charge on any atom is -0.324 e. The van der Waals surface area contributed by atoms with Gasteiger partial charge in [-0.1, -0.05) is 73.4 Å². The smallest absolute Gasteiger partial charge is 0.243 e. The van der Waals surface area contributed by atoms with E-state index < -0.39 is 15.9 Å². The lowest BCUT2D eigenvalue weighted by Gasteiger charge is -2.23. The zero-order valence-corrected chi connectivity index (χ0v) is 20.8. The van der Waals surface area contributed by atoms with E-state index in [1.807, 2.05) is 32.0 Å². The zero-order chi connectivity index (χ0) is 24.0. The molecule has 3 aromatic carbocycles. The second-order valence-corrected chi connectivity index (χ2v) is 10.3. The molecule has 0 radical (unpaired) electrons. The molecule has 0 aliphatic rings. The summed E-state index contributed by atoms with van der Waals surface area (Å²) in [7, 11) is -4.00. The second-order valence-electron chi connectivity index (χ2n) is 7.52. The van der Waals surface area contributed by atoms with Gasteiger partial charge in [0, 0.05) is 22.3 Å². The van der Waals surface area contributed by atoms with Gasteiger partial charge in [-0.15, -0.1) is 0 Å². The summed E-state index contributed by atoms with van der Waals surface area (Å²) in [4.78, 5) is 13.1. The lowest BCUT2D eigenvalue weighted by atomic mass is 10.0. The number of carbonyl (C=O) groups is 1. The van der Waals surface area contributed by atoms with Crippen molar-refractivity contribution in [2.45, 2.75) is 38.1 Å². The number of rotatable bonds is 9. The summed E-state index contributed by atoms with van der Waals surface area (Å²) in [6, 6.07) is 18.7. The van der Waals surface area contributed by atoms with Crippen LogP contribution in [0, 0.1) is 0 Å². The molecule has 0 aliphatic carbocycles. The number of benzene rings is 3. The molecular weight excluding hydrogens is 479 g/mol. The molecule has 0 atom stereocenters. The van der Waals surface area contributed by atoms with Crippen molar-refractivity contribution in [2.24, 2.45) is 0 Å².